The SMILES string of the molecule is COCO[C@@H]1CCC=C[C@@H]1N. The fourth-order valence-electron chi connectivity index (χ4n) is 1.18. The summed E-state index contributed by atoms with van der Waals surface area (Å²) in [6.45, 7) is 0.339. The molecule has 0 unspecified atom stereocenters. The monoisotopic (exact) mass is 157 g/mol. The van der Waals surface area contributed by atoms with Gasteiger partial charge < -0.3 is 15.2 Å². The maximum atomic E-state index is 5.75. The minimum absolute atomic E-state index is 0.0406. The van der Waals surface area contributed by atoms with E-state index < -0.39 is 0 Å². The highest BCUT2D eigenvalue weighted by molar-refractivity contribution is 5.00. The minimum atomic E-state index is 0.0406. The van der Waals surface area contributed by atoms with Gasteiger partial charge in [-0.05, 0) is 12.8 Å². The van der Waals surface area contributed by atoms with Crippen molar-refractivity contribution in [2.24, 2.45) is 5.73 Å². The molecule has 2 atom stereocenters. The molecule has 3 nitrogen and oxygen atoms in total. The first-order valence-corrected chi connectivity index (χ1v) is 3.87. The first kappa shape index (κ1) is 8.71. The van der Waals surface area contributed by atoms with Crippen LogP contribution >= 0.6 is 0 Å². The lowest BCUT2D eigenvalue weighted by molar-refractivity contribution is -0.0784. The molecule has 0 radical (unpaired) electrons. The van der Waals surface area contributed by atoms with E-state index in [4.69, 9.17) is 15.2 Å². The predicted octanol–water partition coefficient (Wildman–Crippen LogP) is 0.653. The predicted molar refractivity (Wildman–Crippen MR) is 43.1 cm³/mol. The number of nitrogens with two attached hydrogens (primary N) is 1. The van der Waals surface area contributed by atoms with Crippen molar-refractivity contribution in [2.45, 2.75) is 25.0 Å². The van der Waals surface area contributed by atoms with Gasteiger partial charge in [-0.2, -0.15) is 0 Å². The van der Waals surface area contributed by atoms with Crippen LogP contribution in [0.2, 0.25) is 0 Å². The first-order valence-electron chi connectivity index (χ1n) is 3.87. The van der Waals surface area contributed by atoms with Crippen molar-refractivity contribution in [1.82, 2.24) is 0 Å². The van der Waals surface area contributed by atoms with E-state index >= 15 is 0 Å². The standard InChI is InChI=1S/C8H15NO2/c1-10-6-11-8-5-3-2-4-7(8)9/h2,4,7-8H,3,5-6,9H2,1H3/t7-,8+/m0/s1. The maximum Gasteiger partial charge on any atom is 0.146 e. The van der Waals surface area contributed by atoms with Gasteiger partial charge in [0.05, 0.1) is 6.10 Å². The maximum absolute atomic E-state index is 5.75. The Morgan fingerprint density at radius 2 is 2.45 bits per heavy atom. The molecule has 1 aliphatic rings. The van der Waals surface area contributed by atoms with Gasteiger partial charge >= 0.3 is 0 Å². The molecule has 0 aromatic heterocycles. The summed E-state index contributed by atoms with van der Waals surface area (Å²) < 4.78 is 10.1. The van der Waals surface area contributed by atoms with E-state index in [0.29, 0.717) is 6.79 Å². The van der Waals surface area contributed by atoms with E-state index in [2.05, 4.69) is 6.08 Å². The van der Waals surface area contributed by atoms with Crippen molar-refractivity contribution >= 4 is 0 Å². The molecule has 0 amide bonds. The lowest BCUT2D eigenvalue weighted by Gasteiger charge is -2.23. The largest absolute Gasteiger partial charge is 0.359 e. The Labute approximate surface area is 67.2 Å². The average Bonchev–Trinajstić information content (AvgIpc) is 2.03. The Morgan fingerprint density at radius 3 is 3.09 bits per heavy atom. The van der Waals surface area contributed by atoms with Crippen LogP contribution in [0, 0.1) is 0 Å². The van der Waals surface area contributed by atoms with Crippen LogP contribution in [0.3, 0.4) is 0 Å². The summed E-state index contributed by atoms with van der Waals surface area (Å²) in [6.07, 6.45) is 6.28. The van der Waals surface area contributed by atoms with Gasteiger partial charge in [0.25, 0.3) is 0 Å². The summed E-state index contributed by atoms with van der Waals surface area (Å²) in [7, 11) is 1.62. The van der Waals surface area contributed by atoms with Gasteiger partial charge in [0, 0.05) is 13.2 Å². The Morgan fingerprint density at radius 1 is 1.64 bits per heavy atom. The lowest BCUT2D eigenvalue weighted by atomic mass is 10.0. The molecule has 0 saturated heterocycles. The molecule has 0 saturated carbocycles. The highest BCUT2D eigenvalue weighted by atomic mass is 16.7. The van der Waals surface area contributed by atoms with Crippen molar-refractivity contribution in [3.63, 3.8) is 0 Å². The minimum Gasteiger partial charge on any atom is -0.359 e. The van der Waals surface area contributed by atoms with Gasteiger partial charge in [-0.3, -0.25) is 0 Å². The number of hydrogen-bond donors (Lipinski definition) is 1. The second-order valence-electron chi connectivity index (χ2n) is 2.69. The molecular formula is C8H15NO2. The third-order valence-electron chi connectivity index (χ3n) is 1.81. The average molecular weight is 157 g/mol. The molecule has 3 heteroatoms. The summed E-state index contributed by atoms with van der Waals surface area (Å²) in [5.41, 5.74) is 5.75. The van der Waals surface area contributed by atoms with Crippen molar-refractivity contribution in [2.75, 3.05) is 13.9 Å². The van der Waals surface area contributed by atoms with Gasteiger partial charge in [0.1, 0.15) is 6.79 Å². The number of ether oxygens (including phenoxy) is 2. The summed E-state index contributed by atoms with van der Waals surface area (Å²) >= 11 is 0. The van der Waals surface area contributed by atoms with E-state index in [-0.39, 0.29) is 12.1 Å². The van der Waals surface area contributed by atoms with E-state index in [0.717, 1.165) is 12.8 Å². The summed E-state index contributed by atoms with van der Waals surface area (Å²) in [5.74, 6) is 0. The van der Waals surface area contributed by atoms with Crippen molar-refractivity contribution < 1.29 is 9.47 Å². The normalized spacial score (nSPS) is 30.7. The number of rotatable bonds is 3. The number of allylic oxidation sites excluding steroid dienone is 1. The van der Waals surface area contributed by atoms with E-state index in [9.17, 15) is 0 Å². The molecule has 0 heterocycles. The zero-order valence-corrected chi connectivity index (χ0v) is 6.82. The van der Waals surface area contributed by atoms with E-state index in [1.54, 1.807) is 7.11 Å². The van der Waals surface area contributed by atoms with Gasteiger partial charge in [0.2, 0.25) is 0 Å². The molecule has 0 bridgehead atoms. The third-order valence-corrected chi connectivity index (χ3v) is 1.81. The van der Waals surface area contributed by atoms with Crippen LogP contribution in [0.25, 0.3) is 0 Å². The fraction of sp³-hybridized carbons (Fsp3) is 0.750. The number of hydrogen-bond acceptors (Lipinski definition) is 3. The second-order valence-corrected chi connectivity index (χ2v) is 2.69. The molecule has 0 aromatic carbocycles. The van der Waals surface area contributed by atoms with Crippen molar-refractivity contribution in [3.8, 4) is 0 Å². The first-order chi connectivity index (χ1) is 5.34. The lowest BCUT2D eigenvalue weighted by Crippen LogP contribution is -2.37. The number of methoxy groups -OCH3 is 1. The topological polar surface area (TPSA) is 44.5 Å². The molecule has 0 fully saturated rings. The zero-order chi connectivity index (χ0) is 8.10. The quantitative estimate of drug-likeness (QED) is 0.483. The molecule has 0 spiro atoms. The van der Waals surface area contributed by atoms with Gasteiger partial charge in [-0.1, -0.05) is 12.2 Å². The van der Waals surface area contributed by atoms with Crippen LogP contribution in [-0.2, 0) is 9.47 Å². The van der Waals surface area contributed by atoms with Crippen LogP contribution in [0.4, 0.5) is 0 Å². The molecule has 1 aliphatic carbocycles. The second kappa shape index (κ2) is 4.49. The van der Waals surface area contributed by atoms with Crippen LogP contribution < -0.4 is 5.73 Å². The van der Waals surface area contributed by atoms with E-state index in [1.807, 2.05) is 6.08 Å². The van der Waals surface area contributed by atoms with Crippen molar-refractivity contribution in [1.29, 1.82) is 0 Å². The van der Waals surface area contributed by atoms with Crippen LogP contribution in [0.15, 0.2) is 12.2 Å². The van der Waals surface area contributed by atoms with Crippen LogP contribution in [0.5, 0.6) is 0 Å². The Bertz CT molecular complexity index is 136. The molecule has 1 rings (SSSR count). The summed E-state index contributed by atoms with van der Waals surface area (Å²) in [6, 6.07) is 0.0406. The Balaban J connectivity index is 2.27. The van der Waals surface area contributed by atoms with Crippen LogP contribution in [-0.4, -0.2) is 26.0 Å². The molecular weight excluding hydrogens is 142 g/mol. The highest BCUT2D eigenvalue weighted by Gasteiger charge is 2.17. The van der Waals surface area contributed by atoms with Gasteiger partial charge in [0.15, 0.2) is 0 Å². The molecule has 64 valence electrons. The Kier molecular flexibility index (Phi) is 3.56. The van der Waals surface area contributed by atoms with Gasteiger partial charge in [-0.25, -0.2) is 0 Å². The highest BCUT2D eigenvalue weighted by Crippen LogP contribution is 2.13. The molecule has 0 aliphatic heterocycles. The van der Waals surface area contributed by atoms with Gasteiger partial charge in [-0.15, -0.1) is 0 Å². The molecule has 0 aromatic rings. The summed E-state index contributed by atoms with van der Waals surface area (Å²) in [5, 5.41) is 0. The fourth-order valence-corrected chi connectivity index (χ4v) is 1.18. The molecule has 11 heavy (non-hydrogen) atoms. The molecule has 2 N–H and O–H groups in total. The van der Waals surface area contributed by atoms with Crippen LogP contribution in [0.1, 0.15) is 12.8 Å². The smallest absolute Gasteiger partial charge is 0.146 e. The Hall–Kier alpha value is -0.380. The van der Waals surface area contributed by atoms with E-state index in [1.165, 1.54) is 0 Å². The summed E-state index contributed by atoms with van der Waals surface area (Å²) in [4.78, 5) is 0. The van der Waals surface area contributed by atoms with Crippen molar-refractivity contribution in [3.05, 3.63) is 12.2 Å². The zero-order valence-electron chi connectivity index (χ0n) is 6.82. The third kappa shape index (κ3) is 2.61.